The van der Waals surface area contributed by atoms with Crippen LogP contribution in [0.5, 0.6) is 0 Å². The molecule has 0 aliphatic carbocycles. The van der Waals surface area contributed by atoms with Gasteiger partial charge in [0.05, 0.1) is 6.61 Å². The van der Waals surface area contributed by atoms with E-state index >= 15 is 0 Å². The van der Waals surface area contributed by atoms with E-state index in [2.05, 4.69) is 26.6 Å². The second kappa shape index (κ2) is 29.5. The maximum Gasteiger partial charge on any atom is 0.251 e. The highest BCUT2D eigenvalue weighted by atomic mass is 16.3. The van der Waals surface area contributed by atoms with Crippen molar-refractivity contribution >= 4 is 29.5 Å². The van der Waals surface area contributed by atoms with Gasteiger partial charge in [-0.05, 0) is 51.4 Å². The number of aliphatic hydroxyl groups excluding tert-OH is 5. The van der Waals surface area contributed by atoms with Crippen molar-refractivity contribution in [2.75, 3.05) is 46.1 Å². The number of amides is 5. The average Bonchev–Trinajstić information content (AvgIpc) is 3.05. The minimum Gasteiger partial charge on any atom is -0.396 e. The molecule has 0 saturated carbocycles. The van der Waals surface area contributed by atoms with Crippen LogP contribution in [0.1, 0.15) is 103 Å². The molecule has 15 nitrogen and oxygen atoms in total. The standard InChI is InChI=1S/C31H59N5O10/c37-20-10-4-1-7-17-32-27(42)15-13-24(29(44)33-18-8-2-5-11-21-38)35-28(43)16-14-25(36-31(46)26(41)23-40)30(45)34-19-9-3-6-12-22-39/h24-26,37-41H,1-23H2,(H,32,42)(H,33,44)(H,34,45)(H,35,43)(H,36,46). The molecule has 0 spiro atoms. The van der Waals surface area contributed by atoms with Gasteiger partial charge in [-0.3, -0.25) is 24.0 Å². The van der Waals surface area contributed by atoms with E-state index in [0.717, 1.165) is 44.9 Å². The quantitative estimate of drug-likeness (QED) is 0.0415. The summed E-state index contributed by atoms with van der Waals surface area (Å²) in [6, 6.07) is -2.21. The topological polar surface area (TPSA) is 247 Å². The van der Waals surface area contributed by atoms with Crippen molar-refractivity contribution in [1.82, 2.24) is 26.6 Å². The van der Waals surface area contributed by atoms with Crippen molar-refractivity contribution in [3.05, 3.63) is 0 Å². The van der Waals surface area contributed by atoms with E-state index < -0.39 is 48.4 Å². The first-order valence-electron chi connectivity index (χ1n) is 16.7. The minimum absolute atomic E-state index is 0.00997. The molecule has 46 heavy (non-hydrogen) atoms. The largest absolute Gasteiger partial charge is 0.396 e. The zero-order valence-electron chi connectivity index (χ0n) is 27.3. The number of unbranched alkanes of at least 4 members (excludes halogenated alkanes) is 9. The molecule has 0 heterocycles. The molecule has 0 aromatic rings. The SMILES string of the molecule is O=C(CCC(NC(=O)CCC(NC(=O)C(O)CO)C(=O)NCCCCCCO)C(=O)NCCCCCCO)NCCCCCCO. The number of hydrogen-bond donors (Lipinski definition) is 10. The molecule has 10 N–H and O–H groups in total. The summed E-state index contributed by atoms with van der Waals surface area (Å²) in [6.07, 6.45) is 6.91. The van der Waals surface area contributed by atoms with Gasteiger partial charge in [0.15, 0.2) is 6.10 Å². The van der Waals surface area contributed by atoms with Gasteiger partial charge in [-0.2, -0.15) is 0 Å². The Bertz CT molecular complexity index is 849. The molecular formula is C31H59N5O10. The highest BCUT2D eigenvalue weighted by Crippen LogP contribution is 2.06. The fraction of sp³-hybridized carbons (Fsp3) is 0.839. The highest BCUT2D eigenvalue weighted by molar-refractivity contribution is 5.91. The molecule has 0 rings (SSSR count). The predicted molar refractivity (Wildman–Crippen MR) is 171 cm³/mol. The normalized spacial score (nSPS) is 12.9. The molecule has 15 heteroatoms. The number of carbonyl (C=O) groups excluding carboxylic acids is 5. The smallest absolute Gasteiger partial charge is 0.251 e. The Balaban J connectivity index is 5.17. The highest BCUT2D eigenvalue weighted by Gasteiger charge is 2.26. The Morgan fingerprint density at radius 1 is 0.457 bits per heavy atom. The van der Waals surface area contributed by atoms with E-state index in [1.165, 1.54) is 0 Å². The Hall–Kier alpha value is -2.85. The van der Waals surface area contributed by atoms with Crippen LogP contribution in [-0.4, -0.2) is 119 Å². The third-order valence-electron chi connectivity index (χ3n) is 7.26. The van der Waals surface area contributed by atoms with Crippen LogP contribution < -0.4 is 26.6 Å². The molecule has 3 atom stereocenters. The van der Waals surface area contributed by atoms with Crippen LogP contribution in [0.2, 0.25) is 0 Å². The Kier molecular flexibility index (Phi) is 27.7. The Labute approximate surface area is 272 Å². The lowest BCUT2D eigenvalue weighted by molar-refractivity contribution is -0.136. The monoisotopic (exact) mass is 661 g/mol. The molecular weight excluding hydrogens is 602 g/mol. The summed E-state index contributed by atoms with van der Waals surface area (Å²) in [5.41, 5.74) is 0. The number of carbonyl (C=O) groups is 5. The van der Waals surface area contributed by atoms with Gasteiger partial charge in [-0.25, -0.2) is 0 Å². The lowest BCUT2D eigenvalue weighted by atomic mass is 10.1. The summed E-state index contributed by atoms with van der Waals surface area (Å²) in [5.74, 6) is -2.84. The molecule has 5 amide bonds. The van der Waals surface area contributed by atoms with Gasteiger partial charge in [0.25, 0.3) is 5.91 Å². The van der Waals surface area contributed by atoms with Crippen molar-refractivity contribution in [1.29, 1.82) is 0 Å². The molecule has 0 fully saturated rings. The summed E-state index contributed by atoms with van der Waals surface area (Å²) >= 11 is 0. The molecule has 0 aromatic heterocycles. The first-order valence-corrected chi connectivity index (χ1v) is 16.7. The molecule has 0 aliphatic rings. The van der Waals surface area contributed by atoms with E-state index in [0.29, 0.717) is 51.7 Å². The van der Waals surface area contributed by atoms with E-state index in [4.69, 9.17) is 20.4 Å². The van der Waals surface area contributed by atoms with Crippen molar-refractivity contribution < 1.29 is 49.5 Å². The van der Waals surface area contributed by atoms with Crippen molar-refractivity contribution in [3.8, 4) is 0 Å². The third-order valence-corrected chi connectivity index (χ3v) is 7.26. The molecule has 0 bridgehead atoms. The lowest BCUT2D eigenvalue weighted by Crippen LogP contribution is -2.51. The van der Waals surface area contributed by atoms with Crippen LogP contribution in [0, 0.1) is 0 Å². The fourth-order valence-corrected chi connectivity index (χ4v) is 4.46. The number of aliphatic hydroxyl groups is 5. The third kappa shape index (κ3) is 23.5. The number of hydrogen-bond acceptors (Lipinski definition) is 10. The maximum absolute atomic E-state index is 12.9. The van der Waals surface area contributed by atoms with Crippen molar-refractivity contribution in [2.24, 2.45) is 0 Å². The summed E-state index contributed by atoms with van der Waals surface area (Å²) in [6.45, 7) is 0.600. The second-order valence-corrected chi connectivity index (χ2v) is 11.3. The van der Waals surface area contributed by atoms with E-state index in [9.17, 15) is 29.1 Å². The summed E-state index contributed by atoms with van der Waals surface area (Å²) in [5, 5.41) is 58.6. The maximum atomic E-state index is 12.9. The zero-order valence-corrected chi connectivity index (χ0v) is 27.3. The molecule has 0 aromatic carbocycles. The van der Waals surface area contributed by atoms with Gasteiger partial charge in [-0.15, -0.1) is 0 Å². The fourth-order valence-electron chi connectivity index (χ4n) is 4.46. The Morgan fingerprint density at radius 2 is 0.848 bits per heavy atom. The van der Waals surface area contributed by atoms with E-state index in [1.54, 1.807) is 0 Å². The van der Waals surface area contributed by atoms with Gasteiger partial charge in [0.2, 0.25) is 23.6 Å². The van der Waals surface area contributed by atoms with Crippen LogP contribution >= 0.6 is 0 Å². The first-order chi connectivity index (χ1) is 22.2. The molecule has 268 valence electrons. The van der Waals surface area contributed by atoms with Gasteiger partial charge in [0, 0.05) is 52.3 Å². The minimum atomic E-state index is -1.74. The van der Waals surface area contributed by atoms with Gasteiger partial charge in [-0.1, -0.05) is 38.5 Å². The van der Waals surface area contributed by atoms with Crippen LogP contribution in [-0.2, 0) is 24.0 Å². The average molecular weight is 662 g/mol. The van der Waals surface area contributed by atoms with Crippen molar-refractivity contribution in [2.45, 2.75) is 121 Å². The lowest BCUT2D eigenvalue weighted by Gasteiger charge is -2.21. The summed E-state index contributed by atoms with van der Waals surface area (Å²) < 4.78 is 0. The number of rotatable bonds is 30. The van der Waals surface area contributed by atoms with Gasteiger partial charge >= 0.3 is 0 Å². The van der Waals surface area contributed by atoms with E-state index in [-0.39, 0.29) is 51.4 Å². The van der Waals surface area contributed by atoms with Crippen LogP contribution in [0.25, 0.3) is 0 Å². The van der Waals surface area contributed by atoms with Gasteiger partial charge < -0.3 is 52.1 Å². The predicted octanol–water partition coefficient (Wildman–Crippen LogP) is -1.12. The summed E-state index contributed by atoms with van der Waals surface area (Å²) in [7, 11) is 0. The Morgan fingerprint density at radius 3 is 1.28 bits per heavy atom. The van der Waals surface area contributed by atoms with Gasteiger partial charge in [0.1, 0.15) is 12.1 Å². The summed E-state index contributed by atoms with van der Waals surface area (Å²) in [4.78, 5) is 63.2. The molecule has 0 aliphatic heterocycles. The molecule has 3 unspecified atom stereocenters. The van der Waals surface area contributed by atoms with Crippen molar-refractivity contribution in [3.63, 3.8) is 0 Å². The van der Waals surface area contributed by atoms with E-state index in [1.807, 2.05) is 0 Å². The number of nitrogens with one attached hydrogen (secondary N) is 5. The van der Waals surface area contributed by atoms with Crippen LogP contribution in [0.4, 0.5) is 0 Å². The first kappa shape index (κ1) is 43.1. The zero-order chi connectivity index (χ0) is 34.4. The van der Waals surface area contributed by atoms with Crippen LogP contribution in [0.3, 0.4) is 0 Å². The van der Waals surface area contributed by atoms with Crippen LogP contribution in [0.15, 0.2) is 0 Å². The second-order valence-electron chi connectivity index (χ2n) is 11.3. The molecule has 0 saturated heterocycles. The molecule has 0 radical (unpaired) electrons.